The van der Waals surface area contributed by atoms with Crippen molar-refractivity contribution in [3.63, 3.8) is 0 Å². The number of thiophene rings is 2. The van der Waals surface area contributed by atoms with Crippen molar-refractivity contribution >= 4 is 98.7 Å². The van der Waals surface area contributed by atoms with Crippen LogP contribution in [0.15, 0.2) is 133 Å². The number of benzene rings is 6. The summed E-state index contributed by atoms with van der Waals surface area (Å²) in [6.45, 7) is 16.0. The number of anilines is 6. The molecule has 0 saturated heterocycles. The fourth-order valence-electron chi connectivity index (χ4n) is 8.31. The topological polar surface area (TPSA) is 15.7 Å². The van der Waals surface area contributed by atoms with Crippen molar-refractivity contribution in [2.45, 2.75) is 59.3 Å². The van der Waals surface area contributed by atoms with Gasteiger partial charge in [0.05, 0.1) is 11.4 Å². The van der Waals surface area contributed by atoms with Gasteiger partial charge in [0.15, 0.2) is 0 Å². The Morgan fingerprint density at radius 2 is 1.15 bits per heavy atom. The van der Waals surface area contributed by atoms with Crippen LogP contribution in [-0.2, 0) is 10.8 Å². The summed E-state index contributed by atoms with van der Waals surface area (Å²) in [6, 6.07) is 49.3. The average Bonchev–Trinajstić information content (AvgIpc) is 3.73. The first kappa shape index (κ1) is 34.2. The van der Waals surface area contributed by atoms with Crippen LogP contribution in [0.25, 0.3) is 20.2 Å². The molecule has 2 aromatic heterocycles. The van der Waals surface area contributed by atoms with Crippen molar-refractivity contribution < 1.29 is 4.74 Å². The Labute approximate surface area is 332 Å². The lowest BCUT2D eigenvalue weighted by Gasteiger charge is -2.39. The maximum atomic E-state index is 7.33. The Hall–Kier alpha value is -5.30. The average molecular weight is 751 g/mol. The van der Waals surface area contributed by atoms with Crippen LogP contribution in [0.3, 0.4) is 0 Å². The molecule has 0 saturated carbocycles. The zero-order chi connectivity index (χ0) is 37.8. The normalized spacial score (nSPS) is 13.4. The Kier molecular flexibility index (Phi) is 7.69. The molecule has 0 amide bonds. The molecule has 0 N–H and O–H groups in total. The minimum absolute atomic E-state index is 0.0125. The summed E-state index contributed by atoms with van der Waals surface area (Å²) < 4.78 is 12.6. The molecule has 55 heavy (non-hydrogen) atoms. The first-order valence-corrected chi connectivity index (χ1v) is 20.8. The third-order valence-corrected chi connectivity index (χ3v) is 13.7. The van der Waals surface area contributed by atoms with E-state index < -0.39 is 0 Å². The number of fused-ring (bicyclic) bond motifs is 8. The van der Waals surface area contributed by atoms with Crippen LogP contribution >= 0.6 is 22.7 Å². The van der Waals surface area contributed by atoms with E-state index in [1.165, 1.54) is 57.6 Å². The highest BCUT2D eigenvalue weighted by molar-refractivity contribution is 7.40. The molecule has 0 aliphatic carbocycles. The molecular weight excluding hydrogens is 707 g/mol. The van der Waals surface area contributed by atoms with Gasteiger partial charge in [0, 0.05) is 58.5 Å². The minimum Gasteiger partial charge on any atom is -0.457 e. The van der Waals surface area contributed by atoms with Gasteiger partial charge in [0.1, 0.15) is 11.5 Å². The lowest BCUT2D eigenvalue weighted by molar-refractivity contribution is 0.494. The van der Waals surface area contributed by atoms with E-state index in [4.69, 9.17) is 4.74 Å². The Morgan fingerprint density at radius 1 is 0.582 bits per heavy atom. The number of rotatable bonds is 4. The summed E-state index contributed by atoms with van der Waals surface area (Å²) in [6.07, 6.45) is 0. The lowest BCUT2D eigenvalue weighted by Crippen LogP contribution is -2.57. The highest BCUT2D eigenvalue weighted by Gasteiger charge is 2.46. The summed E-state index contributed by atoms with van der Waals surface area (Å²) in [5.41, 5.74) is 12.0. The molecule has 4 heterocycles. The van der Waals surface area contributed by atoms with Crippen molar-refractivity contribution in [1.29, 1.82) is 0 Å². The molecule has 0 radical (unpaired) electrons. The minimum atomic E-state index is 0.0125. The fraction of sp³-hybridized carbons (Fsp3) is 0.184. The fourth-order valence-corrected chi connectivity index (χ4v) is 10.9. The summed E-state index contributed by atoms with van der Waals surface area (Å²) in [5.74, 6) is 1.92. The highest BCUT2D eigenvalue weighted by Crippen LogP contribution is 2.51. The number of aryl methyl sites for hydroxylation is 1. The van der Waals surface area contributed by atoms with Gasteiger partial charge < -0.3 is 14.5 Å². The maximum absolute atomic E-state index is 7.33. The molecule has 0 atom stereocenters. The van der Waals surface area contributed by atoms with Gasteiger partial charge in [0.25, 0.3) is 6.71 Å². The van der Waals surface area contributed by atoms with E-state index >= 15 is 0 Å². The van der Waals surface area contributed by atoms with E-state index in [1.54, 1.807) is 0 Å². The van der Waals surface area contributed by atoms with Crippen LogP contribution in [0.2, 0.25) is 0 Å². The standard InChI is InChI=1S/C49H43BN2OS2/c1-30-18-22-35(23-19-30)52-39-28-36(51(33-14-10-8-11-15-33)34-16-12-9-13-17-34)29-40-43(39)50(46-44(52)37-26-31(48(2,3)4)20-24-41(37)54-46)47-45(53-40)38-27-32(49(5,6)7)21-25-42(38)55-47/h8-29H,1-7H3. The largest absolute Gasteiger partial charge is 0.457 e. The number of para-hydroxylation sites is 2. The van der Waals surface area contributed by atoms with Crippen molar-refractivity contribution in [2.75, 3.05) is 9.80 Å². The molecule has 3 nitrogen and oxygen atoms in total. The van der Waals surface area contributed by atoms with Gasteiger partial charge >= 0.3 is 0 Å². The molecular formula is C49H43BN2OS2. The molecule has 0 bridgehead atoms. The van der Waals surface area contributed by atoms with Crippen molar-refractivity contribution in [3.05, 3.63) is 150 Å². The second kappa shape index (κ2) is 12.4. The predicted molar refractivity (Wildman–Crippen MR) is 240 cm³/mol. The quantitative estimate of drug-likeness (QED) is 0.167. The van der Waals surface area contributed by atoms with E-state index in [0.717, 1.165) is 39.9 Å². The van der Waals surface area contributed by atoms with Gasteiger partial charge in [-0.1, -0.05) is 108 Å². The van der Waals surface area contributed by atoms with Crippen LogP contribution < -0.4 is 29.6 Å². The molecule has 8 aromatic rings. The molecule has 0 fully saturated rings. The summed E-state index contributed by atoms with van der Waals surface area (Å²) >= 11 is 3.84. The molecule has 2 aliphatic rings. The van der Waals surface area contributed by atoms with Gasteiger partial charge in [-0.05, 0) is 101 Å². The van der Waals surface area contributed by atoms with E-state index in [0.29, 0.717) is 0 Å². The van der Waals surface area contributed by atoms with Gasteiger partial charge in [-0.25, -0.2) is 0 Å². The summed E-state index contributed by atoms with van der Waals surface area (Å²) in [7, 11) is 0. The molecule has 6 heteroatoms. The van der Waals surface area contributed by atoms with Crippen LogP contribution in [0.1, 0.15) is 58.2 Å². The van der Waals surface area contributed by atoms with Crippen molar-refractivity contribution in [1.82, 2.24) is 0 Å². The Balaban J connectivity index is 1.32. The van der Waals surface area contributed by atoms with Gasteiger partial charge in [0.2, 0.25) is 0 Å². The smallest absolute Gasteiger partial charge is 0.281 e. The molecule has 2 aliphatic heterocycles. The maximum Gasteiger partial charge on any atom is 0.281 e. The second-order valence-corrected chi connectivity index (χ2v) is 19.3. The zero-order valence-corrected chi connectivity index (χ0v) is 34.0. The number of ether oxygens (including phenoxy) is 1. The molecule has 0 spiro atoms. The van der Waals surface area contributed by atoms with Crippen LogP contribution in [0.5, 0.6) is 11.5 Å². The second-order valence-electron chi connectivity index (χ2n) is 17.1. The van der Waals surface area contributed by atoms with E-state index in [-0.39, 0.29) is 17.5 Å². The Morgan fingerprint density at radius 3 is 1.75 bits per heavy atom. The van der Waals surface area contributed by atoms with Crippen LogP contribution in [0, 0.1) is 6.92 Å². The monoisotopic (exact) mass is 750 g/mol. The van der Waals surface area contributed by atoms with E-state index in [2.05, 4.69) is 192 Å². The van der Waals surface area contributed by atoms with E-state index in [1.807, 2.05) is 22.7 Å². The molecule has 270 valence electrons. The molecule has 0 unspecified atom stereocenters. The first-order valence-electron chi connectivity index (χ1n) is 19.2. The van der Waals surface area contributed by atoms with Gasteiger partial charge in [-0.15, -0.1) is 22.7 Å². The Bertz CT molecular complexity index is 2730. The number of nitrogens with zero attached hydrogens (tertiary/aromatic N) is 2. The van der Waals surface area contributed by atoms with Crippen molar-refractivity contribution in [3.8, 4) is 11.5 Å². The molecule has 10 rings (SSSR count). The third-order valence-electron chi connectivity index (χ3n) is 11.3. The van der Waals surface area contributed by atoms with Crippen molar-refractivity contribution in [2.24, 2.45) is 0 Å². The SMILES string of the molecule is Cc1ccc(N2c3cc(N(c4ccccc4)c4ccccc4)cc4c3B(c3sc5ccc(C(C)(C)C)cc5c3O4)c3sc4ccc(C(C)(C)C)cc4c32)cc1. The molecule has 6 aromatic carbocycles. The first-order chi connectivity index (χ1) is 26.4. The van der Waals surface area contributed by atoms with Crippen LogP contribution in [0.4, 0.5) is 34.1 Å². The predicted octanol–water partition coefficient (Wildman–Crippen LogP) is 12.9. The number of hydrogen-bond acceptors (Lipinski definition) is 5. The highest BCUT2D eigenvalue weighted by atomic mass is 32.1. The number of hydrogen-bond donors (Lipinski definition) is 0. The lowest BCUT2D eigenvalue weighted by atomic mass is 9.40. The van der Waals surface area contributed by atoms with Crippen LogP contribution in [-0.4, -0.2) is 6.71 Å². The van der Waals surface area contributed by atoms with E-state index in [9.17, 15) is 0 Å². The van der Waals surface area contributed by atoms with Gasteiger partial charge in [-0.2, -0.15) is 0 Å². The van der Waals surface area contributed by atoms with Gasteiger partial charge in [-0.3, -0.25) is 0 Å². The third kappa shape index (κ3) is 5.52. The summed E-state index contributed by atoms with van der Waals surface area (Å²) in [5, 5.41) is 2.50. The summed E-state index contributed by atoms with van der Waals surface area (Å²) in [4.78, 5) is 4.90. The zero-order valence-electron chi connectivity index (χ0n) is 32.4.